The lowest BCUT2D eigenvalue weighted by atomic mass is 10.0. The van der Waals surface area contributed by atoms with Crippen LogP contribution < -0.4 is 18.7 Å². The number of carbonyl (C=O) groups is 2. The zero-order valence-corrected chi connectivity index (χ0v) is 28.6. The molecule has 0 N–H and O–H groups in total. The standard InChI is InChI=1S/C33H25Cl2F6N3O6S/c1-17-12-18(14-51(47,48)44(30(45)19-8-9-19)27-22(34)5-2-6-23(27)35)7-10-24(17)43-13-21-25(31(43)46)28(49-15-32(36,37)38)20-4-3-11-42-26(20)29(21)50-16-33(39,40)41/h2-7,10-12,19H,8-9,13-16H2,1H3. The van der Waals surface area contributed by atoms with E-state index in [0.717, 1.165) is 4.90 Å². The van der Waals surface area contributed by atoms with Crippen LogP contribution in [0.25, 0.3) is 10.9 Å². The van der Waals surface area contributed by atoms with Crippen molar-refractivity contribution in [1.82, 2.24) is 4.98 Å². The van der Waals surface area contributed by atoms with Gasteiger partial charge in [-0.2, -0.15) is 26.3 Å². The number of amides is 2. The zero-order valence-electron chi connectivity index (χ0n) is 26.2. The van der Waals surface area contributed by atoms with E-state index in [4.69, 9.17) is 32.7 Å². The Morgan fingerprint density at radius 2 is 1.59 bits per heavy atom. The van der Waals surface area contributed by atoms with Gasteiger partial charge in [0.15, 0.2) is 19.0 Å². The Kier molecular flexibility index (Phi) is 9.57. The number of hydrogen-bond donors (Lipinski definition) is 0. The molecule has 0 unspecified atom stereocenters. The highest BCUT2D eigenvalue weighted by atomic mass is 35.5. The number of anilines is 2. The maximum Gasteiger partial charge on any atom is 0.422 e. The van der Waals surface area contributed by atoms with Crippen molar-refractivity contribution in [2.45, 2.75) is 44.4 Å². The number of aryl methyl sites for hydroxylation is 1. The van der Waals surface area contributed by atoms with Gasteiger partial charge in [0.2, 0.25) is 15.9 Å². The number of carbonyl (C=O) groups excluding carboxylic acids is 2. The molecule has 270 valence electrons. The average molecular weight is 777 g/mol. The molecule has 3 aromatic carbocycles. The van der Waals surface area contributed by atoms with Gasteiger partial charge in [0, 0.05) is 28.8 Å². The van der Waals surface area contributed by atoms with Crippen LogP contribution in [-0.2, 0) is 27.1 Å². The summed E-state index contributed by atoms with van der Waals surface area (Å²) in [6.07, 6.45) is -7.44. The van der Waals surface area contributed by atoms with E-state index in [2.05, 4.69) is 4.98 Å². The van der Waals surface area contributed by atoms with E-state index in [9.17, 15) is 44.3 Å². The highest BCUT2D eigenvalue weighted by molar-refractivity contribution is 7.92. The van der Waals surface area contributed by atoms with E-state index in [1.165, 1.54) is 61.7 Å². The van der Waals surface area contributed by atoms with Gasteiger partial charge in [-0.05, 0) is 61.2 Å². The van der Waals surface area contributed by atoms with Crippen molar-refractivity contribution in [2.24, 2.45) is 5.92 Å². The molecule has 1 saturated carbocycles. The van der Waals surface area contributed by atoms with Crippen molar-refractivity contribution < 1.29 is 53.8 Å². The largest absolute Gasteiger partial charge is 0.483 e. The third-order valence-electron chi connectivity index (χ3n) is 8.05. The molecule has 18 heteroatoms. The van der Waals surface area contributed by atoms with Crippen LogP contribution in [0.2, 0.25) is 10.0 Å². The summed E-state index contributed by atoms with van der Waals surface area (Å²) in [6.45, 7) is -2.49. The van der Waals surface area contributed by atoms with Crippen molar-refractivity contribution in [3.05, 3.63) is 87.0 Å². The summed E-state index contributed by atoms with van der Waals surface area (Å²) in [7, 11) is -4.44. The Bertz CT molecular complexity index is 2160. The van der Waals surface area contributed by atoms with Crippen LogP contribution in [0.5, 0.6) is 11.5 Å². The molecule has 1 aliphatic heterocycles. The second kappa shape index (κ2) is 13.4. The van der Waals surface area contributed by atoms with Crippen molar-refractivity contribution in [1.29, 1.82) is 0 Å². The lowest BCUT2D eigenvalue weighted by Crippen LogP contribution is -2.39. The highest BCUT2D eigenvalue weighted by Gasteiger charge is 2.43. The molecule has 0 radical (unpaired) electrons. The van der Waals surface area contributed by atoms with Crippen molar-refractivity contribution >= 4 is 67.3 Å². The fraction of sp³-hybridized carbons (Fsp3) is 0.303. The molecule has 0 spiro atoms. The molecule has 6 rings (SSSR count). The Morgan fingerprint density at radius 3 is 2.18 bits per heavy atom. The Morgan fingerprint density at radius 1 is 0.961 bits per heavy atom. The van der Waals surface area contributed by atoms with Gasteiger partial charge >= 0.3 is 12.4 Å². The number of halogens is 8. The van der Waals surface area contributed by atoms with Crippen molar-refractivity contribution in [3.63, 3.8) is 0 Å². The number of aromatic nitrogens is 1. The van der Waals surface area contributed by atoms with E-state index in [1.54, 1.807) is 0 Å². The number of rotatable bonds is 10. The molecular formula is C33H25Cl2F6N3O6S. The molecule has 51 heavy (non-hydrogen) atoms. The molecule has 0 atom stereocenters. The fourth-order valence-electron chi connectivity index (χ4n) is 5.80. The number of alkyl halides is 6. The quantitative estimate of drug-likeness (QED) is 0.150. The first-order chi connectivity index (χ1) is 23.9. The topological polar surface area (TPSA) is 106 Å². The third-order valence-corrected chi connectivity index (χ3v) is 10.3. The minimum atomic E-state index is -4.82. The number of pyridine rings is 1. The van der Waals surface area contributed by atoms with E-state index in [1.807, 2.05) is 0 Å². The van der Waals surface area contributed by atoms with E-state index >= 15 is 0 Å². The van der Waals surface area contributed by atoms with Crippen LogP contribution in [-0.4, -0.2) is 50.8 Å². The SMILES string of the molecule is Cc1cc(CS(=O)(=O)N(C(=O)C2CC2)c2c(Cl)cccc2Cl)ccc1N1Cc2c(c(OCC(F)(F)F)c3cccnc3c2OCC(F)(F)F)C1=O. The van der Waals surface area contributed by atoms with Gasteiger partial charge in [0.25, 0.3) is 5.91 Å². The van der Waals surface area contributed by atoms with Gasteiger partial charge in [-0.3, -0.25) is 14.6 Å². The summed E-state index contributed by atoms with van der Waals surface area (Å²) in [5, 5.41) is -0.286. The summed E-state index contributed by atoms with van der Waals surface area (Å²) in [5.74, 6) is -3.79. The predicted octanol–water partition coefficient (Wildman–Crippen LogP) is 8.17. The normalized spacial score (nSPS) is 14.9. The molecule has 2 amide bonds. The molecule has 4 aromatic rings. The average Bonchev–Trinajstić information content (AvgIpc) is 3.83. The number of nitrogens with zero attached hydrogens (tertiary/aromatic N) is 3. The number of ether oxygens (including phenoxy) is 2. The number of hydrogen-bond acceptors (Lipinski definition) is 7. The maximum absolute atomic E-state index is 14.0. The molecule has 0 saturated heterocycles. The molecule has 1 aliphatic carbocycles. The van der Waals surface area contributed by atoms with Crippen LogP contribution in [0.4, 0.5) is 37.7 Å². The monoisotopic (exact) mass is 775 g/mol. The van der Waals surface area contributed by atoms with Gasteiger partial charge in [-0.15, -0.1) is 0 Å². The summed E-state index contributed by atoms with van der Waals surface area (Å²) in [4.78, 5) is 32.4. The van der Waals surface area contributed by atoms with Crippen LogP contribution in [0, 0.1) is 12.8 Å². The van der Waals surface area contributed by atoms with Gasteiger partial charge < -0.3 is 14.4 Å². The Labute approximate surface area is 296 Å². The number of sulfonamides is 1. The number of benzene rings is 3. The lowest BCUT2D eigenvalue weighted by Gasteiger charge is -2.25. The predicted molar refractivity (Wildman–Crippen MR) is 176 cm³/mol. The van der Waals surface area contributed by atoms with Crippen LogP contribution in [0.15, 0.2) is 54.7 Å². The number of fused-ring (bicyclic) bond motifs is 2. The maximum atomic E-state index is 14.0. The first kappa shape index (κ1) is 36.5. The molecule has 9 nitrogen and oxygen atoms in total. The van der Waals surface area contributed by atoms with Crippen LogP contribution >= 0.6 is 23.2 Å². The Balaban J connectivity index is 1.37. The summed E-state index contributed by atoms with van der Waals surface area (Å²) in [6, 6.07) is 11.0. The van der Waals surface area contributed by atoms with Crippen LogP contribution in [0.3, 0.4) is 0 Å². The van der Waals surface area contributed by atoms with E-state index in [0.29, 0.717) is 22.7 Å². The second-order valence-corrected chi connectivity index (χ2v) is 14.6. The van der Waals surface area contributed by atoms with Gasteiger partial charge in [-0.1, -0.05) is 41.4 Å². The first-order valence-electron chi connectivity index (χ1n) is 15.1. The molecule has 1 fully saturated rings. The van der Waals surface area contributed by atoms with E-state index < -0.39 is 82.7 Å². The second-order valence-electron chi connectivity index (χ2n) is 11.9. The zero-order chi connectivity index (χ0) is 37.0. The molecule has 1 aromatic heterocycles. The smallest absolute Gasteiger partial charge is 0.422 e. The number of para-hydroxylation sites is 1. The third kappa shape index (κ3) is 7.53. The van der Waals surface area contributed by atoms with Crippen molar-refractivity contribution in [3.8, 4) is 11.5 Å². The summed E-state index contributed by atoms with van der Waals surface area (Å²) in [5.41, 5.74) is -0.362. The van der Waals surface area contributed by atoms with Gasteiger partial charge in [-0.25, -0.2) is 12.7 Å². The molecule has 2 heterocycles. The molecule has 0 bridgehead atoms. The van der Waals surface area contributed by atoms with Crippen LogP contribution in [0.1, 0.15) is 39.9 Å². The van der Waals surface area contributed by atoms with Crippen molar-refractivity contribution in [2.75, 3.05) is 22.4 Å². The summed E-state index contributed by atoms with van der Waals surface area (Å²) >= 11 is 12.6. The minimum absolute atomic E-state index is 0.0567. The van der Waals surface area contributed by atoms with Gasteiger partial charge in [0.1, 0.15) is 11.3 Å². The Hall–Kier alpha value is -4.28. The first-order valence-corrected chi connectivity index (χ1v) is 17.5. The molecule has 2 aliphatic rings. The lowest BCUT2D eigenvalue weighted by molar-refractivity contribution is -0.154. The van der Waals surface area contributed by atoms with E-state index in [-0.39, 0.29) is 43.4 Å². The molecular weight excluding hydrogens is 751 g/mol. The highest BCUT2D eigenvalue weighted by Crippen LogP contribution is 2.47. The fourth-order valence-corrected chi connectivity index (χ4v) is 8.09. The summed E-state index contributed by atoms with van der Waals surface area (Å²) < 4.78 is 118. The minimum Gasteiger partial charge on any atom is -0.483 e. The van der Waals surface area contributed by atoms with Gasteiger partial charge in [0.05, 0.1) is 33.6 Å².